The topological polar surface area (TPSA) is 83.0 Å². The van der Waals surface area contributed by atoms with Gasteiger partial charge in [-0.25, -0.2) is 17.9 Å². The van der Waals surface area contributed by atoms with Crippen molar-refractivity contribution in [3.05, 3.63) is 35.8 Å². The molecule has 1 saturated heterocycles. The largest absolute Gasteiger partial charge is 0.365 e. The fraction of sp³-hybridized carbons (Fsp3) is 0.357. The Kier molecular flexibility index (Phi) is 3.80. The van der Waals surface area contributed by atoms with Crippen LogP contribution in [0.15, 0.2) is 18.3 Å². The highest BCUT2D eigenvalue weighted by Crippen LogP contribution is 2.31. The zero-order valence-electron chi connectivity index (χ0n) is 11.9. The molecule has 1 aliphatic heterocycles. The van der Waals surface area contributed by atoms with E-state index in [0.29, 0.717) is 19.4 Å². The van der Waals surface area contributed by atoms with Crippen LogP contribution in [0.4, 0.5) is 13.2 Å². The molecule has 0 saturated carbocycles. The van der Waals surface area contributed by atoms with Gasteiger partial charge in [0.25, 0.3) is 5.91 Å². The average molecular weight is 326 g/mol. The van der Waals surface area contributed by atoms with E-state index >= 15 is 0 Å². The highest BCUT2D eigenvalue weighted by Gasteiger charge is 2.42. The predicted molar refractivity (Wildman–Crippen MR) is 72.3 cm³/mol. The Hall–Kier alpha value is -2.42. The van der Waals surface area contributed by atoms with Crippen molar-refractivity contribution in [2.75, 3.05) is 6.61 Å². The smallest absolute Gasteiger partial charge is 0.272 e. The van der Waals surface area contributed by atoms with Gasteiger partial charge in [-0.2, -0.15) is 0 Å². The molecule has 1 amide bonds. The van der Waals surface area contributed by atoms with E-state index in [0.717, 1.165) is 23.2 Å². The third-order valence-corrected chi connectivity index (χ3v) is 3.78. The number of ether oxygens (including phenoxy) is 1. The highest BCUT2D eigenvalue weighted by atomic mass is 19.2. The summed E-state index contributed by atoms with van der Waals surface area (Å²) < 4.78 is 46.3. The Labute approximate surface area is 129 Å². The second-order valence-corrected chi connectivity index (χ2v) is 5.26. The Balaban J connectivity index is 2.01. The summed E-state index contributed by atoms with van der Waals surface area (Å²) in [6, 6.07) is 1.59. The third kappa shape index (κ3) is 2.56. The van der Waals surface area contributed by atoms with Gasteiger partial charge in [0.2, 0.25) is 5.72 Å². The normalized spacial score (nSPS) is 21.3. The molecule has 1 unspecified atom stereocenters. The molecule has 1 aromatic heterocycles. The number of amides is 1. The van der Waals surface area contributed by atoms with Crippen molar-refractivity contribution in [3.8, 4) is 11.3 Å². The van der Waals surface area contributed by atoms with Gasteiger partial charge < -0.3 is 10.5 Å². The molecule has 6 nitrogen and oxygen atoms in total. The van der Waals surface area contributed by atoms with Crippen LogP contribution in [-0.2, 0) is 15.3 Å². The van der Waals surface area contributed by atoms with Crippen LogP contribution >= 0.6 is 0 Å². The summed E-state index contributed by atoms with van der Waals surface area (Å²) in [7, 11) is 0. The molecule has 9 heteroatoms. The maximum absolute atomic E-state index is 13.3. The Morgan fingerprint density at radius 1 is 1.26 bits per heavy atom. The predicted octanol–water partition coefficient (Wildman–Crippen LogP) is 1.70. The van der Waals surface area contributed by atoms with Crippen molar-refractivity contribution >= 4 is 5.91 Å². The molecular weight excluding hydrogens is 313 g/mol. The third-order valence-electron chi connectivity index (χ3n) is 3.78. The van der Waals surface area contributed by atoms with Crippen molar-refractivity contribution in [3.63, 3.8) is 0 Å². The van der Waals surface area contributed by atoms with Crippen molar-refractivity contribution < 1.29 is 22.7 Å². The molecule has 2 N–H and O–H groups in total. The number of hydrogen-bond acceptors (Lipinski definition) is 4. The maximum Gasteiger partial charge on any atom is 0.272 e. The van der Waals surface area contributed by atoms with Gasteiger partial charge in [0.05, 0.1) is 12.8 Å². The lowest BCUT2D eigenvalue weighted by Gasteiger charge is -2.33. The maximum atomic E-state index is 13.3. The first-order chi connectivity index (χ1) is 10.9. The number of nitrogens with two attached hydrogens (primary N) is 1. The quantitative estimate of drug-likeness (QED) is 0.870. The molecule has 1 fully saturated rings. The van der Waals surface area contributed by atoms with E-state index in [1.54, 1.807) is 0 Å². The highest BCUT2D eigenvalue weighted by molar-refractivity contribution is 5.81. The van der Waals surface area contributed by atoms with E-state index in [4.69, 9.17) is 10.5 Å². The number of hydrogen-bond donors (Lipinski definition) is 1. The summed E-state index contributed by atoms with van der Waals surface area (Å²) in [5, 5.41) is 7.56. The first kappa shape index (κ1) is 15.5. The molecular formula is C14H13F3N4O2. The lowest BCUT2D eigenvalue weighted by atomic mass is 10.0. The molecule has 0 aliphatic carbocycles. The minimum atomic E-state index is -1.56. The van der Waals surface area contributed by atoms with Crippen LogP contribution in [0, 0.1) is 17.5 Å². The van der Waals surface area contributed by atoms with Crippen LogP contribution in [-0.4, -0.2) is 27.5 Å². The summed E-state index contributed by atoms with van der Waals surface area (Å²) in [5.74, 6) is -4.98. The van der Waals surface area contributed by atoms with Crippen LogP contribution in [0.2, 0.25) is 0 Å². The standard InChI is InChI=1S/C14H13F3N4O2/c15-9-5-8(6-10(16)12(9)17)11-7-21(20-19-11)14(13(18)22)3-1-2-4-23-14/h5-7H,1-4H2,(H2,18,22). The van der Waals surface area contributed by atoms with Crippen molar-refractivity contribution in [1.82, 2.24) is 15.0 Å². The van der Waals surface area contributed by atoms with E-state index in [1.165, 1.54) is 6.20 Å². The van der Waals surface area contributed by atoms with Gasteiger partial charge in [-0.3, -0.25) is 4.79 Å². The fourth-order valence-electron chi connectivity index (χ4n) is 2.54. The van der Waals surface area contributed by atoms with Crippen molar-refractivity contribution in [2.45, 2.75) is 25.0 Å². The minimum absolute atomic E-state index is 0.0110. The Morgan fingerprint density at radius 2 is 1.96 bits per heavy atom. The van der Waals surface area contributed by atoms with E-state index in [9.17, 15) is 18.0 Å². The second kappa shape index (κ2) is 5.65. The second-order valence-electron chi connectivity index (χ2n) is 5.26. The van der Waals surface area contributed by atoms with Crippen LogP contribution in [0.25, 0.3) is 11.3 Å². The first-order valence-corrected chi connectivity index (χ1v) is 6.95. The summed E-state index contributed by atoms with van der Waals surface area (Å²) in [5.41, 5.74) is 4.01. The molecule has 1 aromatic carbocycles. The summed E-state index contributed by atoms with van der Waals surface area (Å²) in [6.45, 7) is 0.331. The zero-order chi connectivity index (χ0) is 16.6. The lowest BCUT2D eigenvalue weighted by Crippen LogP contribution is -2.50. The van der Waals surface area contributed by atoms with E-state index < -0.39 is 29.1 Å². The monoisotopic (exact) mass is 326 g/mol. The van der Waals surface area contributed by atoms with Crippen LogP contribution in [0.1, 0.15) is 19.3 Å². The van der Waals surface area contributed by atoms with Gasteiger partial charge >= 0.3 is 0 Å². The number of benzene rings is 1. The van der Waals surface area contributed by atoms with Crippen molar-refractivity contribution in [2.24, 2.45) is 5.73 Å². The molecule has 2 heterocycles. The Morgan fingerprint density at radius 3 is 2.52 bits per heavy atom. The molecule has 3 rings (SSSR count). The number of primary amides is 1. The summed E-state index contributed by atoms with van der Waals surface area (Å²) in [6.07, 6.45) is 3.10. The SMILES string of the molecule is NC(=O)C1(n2cc(-c3cc(F)c(F)c(F)c3)nn2)CCCCO1. The number of nitrogens with zero attached hydrogens (tertiary/aromatic N) is 3. The molecule has 1 atom stereocenters. The summed E-state index contributed by atoms with van der Waals surface area (Å²) in [4.78, 5) is 11.8. The zero-order valence-corrected chi connectivity index (χ0v) is 11.9. The van der Waals surface area contributed by atoms with Crippen LogP contribution in [0.5, 0.6) is 0 Å². The lowest BCUT2D eigenvalue weighted by molar-refractivity contribution is -0.173. The number of carbonyl (C=O) groups is 1. The van der Waals surface area contributed by atoms with E-state index in [-0.39, 0.29) is 11.3 Å². The first-order valence-electron chi connectivity index (χ1n) is 6.95. The van der Waals surface area contributed by atoms with E-state index in [1.807, 2.05) is 0 Å². The van der Waals surface area contributed by atoms with Gasteiger partial charge in [-0.1, -0.05) is 5.21 Å². The molecule has 0 bridgehead atoms. The number of aromatic nitrogens is 3. The summed E-state index contributed by atoms with van der Waals surface area (Å²) >= 11 is 0. The molecule has 122 valence electrons. The number of rotatable bonds is 3. The van der Waals surface area contributed by atoms with Gasteiger partial charge in [-0.05, 0) is 25.0 Å². The molecule has 2 aromatic rings. The molecule has 1 aliphatic rings. The number of halogens is 3. The van der Waals surface area contributed by atoms with E-state index in [2.05, 4.69) is 10.3 Å². The molecule has 0 radical (unpaired) electrons. The van der Waals surface area contributed by atoms with Gasteiger partial charge in [0.15, 0.2) is 17.5 Å². The van der Waals surface area contributed by atoms with Gasteiger partial charge in [-0.15, -0.1) is 5.10 Å². The molecule has 0 spiro atoms. The van der Waals surface area contributed by atoms with Crippen LogP contribution < -0.4 is 5.73 Å². The van der Waals surface area contributed by atoms with Gasteiger partial charge in [0.1, 0.15) is 5.69 Å². The number of carbonyl (C=O) groups excluding carboxylic acids is 1. The van der Waals surface area contributed by atoms with Gasteiger partial charge in [0, 0.05) is 12.0 Å². The molecule has 23 heavy (non-hydrogen) atoms. The Bertz CT molecular complexity index is 733. The average Bonchev–Trinajstić information content (AvgIpc) is 3.03. The minimum Gasteiger partial charge on any atom is -0.365 e. The van der Waals surface area contributed by atoms with Crippen LogP contribution in [0.3, 0.4) is 0 Å². The van der Waals surface area contributed by atoms with Crippen molar-refractivity contribution in [1.29, 1.82) is 0 Å². The fourth-order valence-corrected chi connectivity index (χ4v) is 2.54.